The average molecular weight is 327 g/mol. The van der Waals surface area contributed by atoms with Gasteiger partial charge in [-0.2, -0.15) is 0 Å². The number of carbonyl (C=O) groups excluding carboxylic acids is 1. The molecule has 5 heteroatoms. The van der Waals surface area contributed by atoms with Crippen LogP contribution in [-0.4, -0.2) is 35.7 Å². The zero-order valence-corrected chi connectivity index (χ0v) is 12.5. The lowest BCUT2D eigenvalue weighted by atomic mass is 10.1. The highest BCUT2D eigenvalue weighted by Crippen LogP contribution is 2.13. The van der Waals surface area contributed by atoms with E-state index in [1.54, 1.807) is 0 Å². The van der Waals surface area contributed by atoms with E-state index in [1.807, 2.05) is 25.1 Å². The third-order valence-electron chi connectivity index (χ3n) is 3.24. The third-order valence-corrected chi connectivity index (χ3v) is 3.74. The standard InChI is InChI=1S/C14H19BrN2O2/c1-9(5-10-3-2-4-11(15)6-10)17-14(19)13-7-12(18)8-16-13/h2-4,6,9,12-13,16,18H,5,7-8H2,1H3,(H,17,19)/t9-,12+,13-/m1/s1. The SMILES string of the molecule is C[C@H](Cc1cccc(Br)c1)NC(=O)[C@H]1C[C@H](O)CN1. The number of benzene rings is 1. The molecule has 0 aliphatic carbocycles. The van der Waals surface area contributed by atoms with E-state index in [1.165, 1.54) is 5.56 Å². The molecular weight excluding hydrogens is 308 g/mol. The molecule has 3 atom stereocenters. The number of amides is 1. The van der Waals surface area contributed by atoms with Crippen molar-refractivity contribution in [3.05, 3.63) is 34.3 Å². The van der Waals surface area contributed by atoms with Gasteiger partial charge in [-0.25, -0.2) is 0 Å². The lowest BCUT2D eigenvalue weighted by Gasteiger charge is -2.17. The van der Waals surface area contributed by atoms with E-state index in [-0.39, 0.29) is 18.0 Å². The first-order valence-electron chi connectivity index (χ1n) is 6.51. The number of hydrogen-bond acceptors (Lipinski definition) is 3. The summed E-state index contributed by atoms with van der Waals surface area (Å²) >= 11 is 3.44. The quantitative estimate of drug-likeness (QED) is 0.779. The predicted molar refractivity (Wildman–Crippen MR) is 77.9 cm³/mol. The molecule has 1 aliphatic rings. The summed E-state index contributed by atoms with van der Waals surface area (Å²) in [5.74, 6) is -0.0287. The number of β-amino-alcohol motifs (C(OH)–C–C–N with tert-alkyl or cyclic N) is 1. The van der Waals surface area contributed by atoms with Crippen molar-refractivity contribution in [2.24, 2.45) is 0 Å². The number of nitrogens with one attached hydrogen (secondary N) is 2. The predicted octanol–water partition coefficient (Wildman–Crippen LogP) is 1.22. The smallest absolute Gasteiger partial charge is 0.237 e. The summed E-state index contributed by atoms with van der Waals surface area (Å²) in [6.07, 6.45) is 0.881. The van der Waals surface area contributed by atoms with Crippen LogP contribution in [0.5, 0.6) is 0 Å². The molecule has 0 aromatic heterocycles. The van der Waals surface area contributed by atoms with Crippen molar-refractivity contribution in [3.63, 3.8) is 0 Å². The molecule has 0 radical (unpaired) electrons. The van der Waals surface area contributed by atoms with Crippen LogP contribution in [-0.2, 0) is 11.2 Å². The highest BCUT2D eigenvalue weighted by atomic mass is 79.9. The van der Waals surface area contributed by atoms with Crippen molar-refractivity contribution in [2.45, 2.75) is 38.0 Å². The van der Waals surface area contributed by atoms with Crippen molar-refractivity contribution in [3.8, 4) is 0 Å². The zero-order valence-electron chi connectivity index (χ0n) is 10.9. The molecule has 1 aliphatic heterocycles. The average Bonchev–Trinajstić information content (AvgIpc) is 2.75. The van der Waals surface area contributed by atoms with Gasteiger partial charge in [0.2, 0.25) is 5.91 Å². The molecule has 1 aromatic rings. The van der Waals surface area contributed by atoms with Gasteiger partial charge in [-0.3, -0.25) is 4.79 Å². The molecule has 19 heavy (non-hydrogen) atoms. The van der Waals surface area contributed by atoms with Crippen LogP contribution in [0.3, 0.4) is 0 Å². The van der Waals surface area contributed by atoms with Crippen LogP contribution in [0, 0.1) is 0 Å². The fourth-order valence-electron chi connectivity index (χ4n) is 2.33. The molecule has 0 spiro atoms. The number of hydrogen-bond donors (Lipinski definition) is 3. The maximum atomic E-state index is 12.0. The summed E-state index contributed by atoms with van der Waals surface area (Å²) in [6, 6.07) is 7.88. The minimum atomic E-state index is -0.406. The summed E-state index contributed by atoms with van der Waals surface area (Å²) in [6.45, 7) is 2.49. The minimum absolute atomic E-state index is 0.0287. The fourth-order valence-corrected chi connectivity index (χ4v) is 2.78. The van der Waals surface area contributed by atoms with Gasteiger partial charge in [0, 0.05) is 17.1 Å². The van der Waals surface area contributed by atoms with Gasteiger partial charge in [0.15, 0.2) is 0 Å². The molecular formula is C14H19BrN2O2. The molecule has 104 valence electrons. The first-order chi connectivity index (χ1) is 9.04. The largest absolute Gasteiger partial charge is 0.392 e. The fraction of sp³-hybridized carbons (Fsp3) is 0.500. The lowest BCUT2D eigenvalue weighted by Crippen LogP contribution is -2.44. The normalized spacial score (nSPS) is 24.2. The second-order valence-corrected chi connectivity index (χ2v) is 6.01. The van der Waals surface area contributed by atoms with E-state index in [2.05, 4.69) is 32.6 Å². The Hall–Kier alpha value is -0.910. The highest BCUT2D eigenvalue weighted by molar-refractivity contribution is 9.10. The molecule has 1 amide bonds. The molecule has 2 rings (SSSR count). The first kappa shape index (κ1) is 14.5. The van der Waals surface area contributed by atoms with E-state index in [0.717, 1.165) is 10.9 Å². The molecule has 4 nitrogen and oxygen atoms in total. The Labute approximate surface area is 121 Å². The summed E-state index contributed by atoms with van der Waals surface area (Å²) in [5, 5.41) is 15.4. The second-order valence-electron chi connectivity index (χ2n) is 5.09. The number of carbonyl (C=O) groups is 1. The van der Waals surface area contributed by atoms with Gasteiger partial charge in [-0.15, -0.1) is 0 Å². The molecule has 0 bridgehead atoms. The second kappa shape index (κ2) is 6.50. The van der Waals surface area contributed by atoms with Crippen molar-refractivity contribution in [1.82, 2.24) is 10.6 Å². The highest BCUT2D eigenvalue weighted by Gasteiger charge is 2.28. The number of aliphatic hydroxyl groups is 1. The number of rotatable bonds is 4. The van der Waals surface area contributed by atoms with Crippen molar-refractivity contribution >= 4 is 21.8 Å². The van der Waals surface area contributed by atoms with Gasteiger partial charge in [0.1, 0.15) is 0 Å². The van der Waals surface area contributed by atoms with Crippen LogP contribution in [0.15, 0.2) is 28.7 Å². The molecule has 0 unspecified atom stereocenters. The summed E-state index contributed by atoms with van der Waals surface area (Å²) in [5.41, 5.74) is 1.18. The van der Waals surface area contributed by atoms with E-state index in [4.69, 9.17) is 0 Å². The zero-order chi connectivity index (χ0) is 13.8. The van der Waals surface area contributed by atoms with Crippen LogP contribution in [0.4, 0.5) is 0 Å². The Balaban J connectivity index is 1.84. The molecule has 1 heterocycles. The van der Waals surface area contributed by atoms with Crippen LogP contribution in [0.2, 0.25) is 0 Å². The Bertz CT molecular complexity index is 453. The van der Waals surface area contributed by atoms with Crippen LogP contribution < -0.4 is 10.6 Å². The molecule has 0 saturated carbocycles. The Morgan fingerprint density at radius 2 is 2.42 bits per heavy atom. The van der Waals surface area contributed by atoms with Crippen molar-refractivity contribution < 1.29 is 9.90 Å². The molecule has 1 saturated heterocycles. The summed E-state index contributed by atoms with van der Waals surface area (Å²) < 4.78 is 1.05. The number of aliphatic hydroxyl groups excluding tert-OH is 1. The maximum Gasteiger partial charge on any atom is 0.237 e. The Kier molecular flexibility index (Phi) is 4.96. The summed E-state index contributed by atoms with van der Waals surface area (Å²) in [4.78, 5) is 12.0. The van der Waals surface area contributed by atoms with Gasteiger partial charge in [-0.05, 0) is 37.5 Å². The Morgan fingerprint density at radius 3 is 3.05 bits per heavy atom. The van der Waals surface area contributed by atoms with Crippen molar-refractivity contribution in [1.29, 1.82) is 0 Å². The number of halogens is 1. The van der Waals surface area contributed by atoms with E-state index in [9.17, 15) is 9.90 Å². The van der Waals surface area contributed by atoms with E-state index < -0.39 is 6.10 Å². The lowest BCUT2D eigenvalue weighted by molar-refractivity contribution is -0.123. The van der Waals surface area contributed by atoms with E-state index in [0.29, 0.717) is 13.0 Å². The maximum absolute atomic E-state index is 12.0. The van der Waals surface area contributed by atoms with Crippen LogP contribution in [0.1, 0.15) is 18.9 Å². The monoisotopic (exact) mass is 326 g/mol. The van der Waals surface area contributed by atoms with Gasteiger partial charge in [0.05, 0.1) is 12.1 Å². The van der Waals surface area contributed by atoms with Gasteiger partial charge >= 0.3 is 0 Å². The molecule has 3 N–H and O–H groups in total. The Morgan fingerprint density at radius 1 is 1.63 bits per heavy atom. The minimum Gasteiger partial charge on any atom is -0.392 e. The van der Waals surface area contributed by atoms with E-state index >= 15 is 0 Å². The van der Waals surface area contributed by atoms with Gasteiger partial charge in [-0.1, -0.05) is 28.1 Å². The third kappa shape index (κ3) is 4.30. The topological polar surface area (TPSA) is 61.4 Å². The van der Waals surface area contributed by atoms with Gasteiger partial charge in [0.25, 0.3) is 0 Å². The molecule has 1 fully saturated rings. The van der Waals surface area contributed by atoms with Crippen LogP contribution in [0.25, 0.3) is 0 Å². The van der Waals surface area contributed by atoms with Gasteiger partial charge < -0.3 is 15.7 Å². The van der Waals surface area contributed by atoms with Crippen LogP contribution >= 0.6 is 15.9 Å². The molecule has 1 aromatic carbocycles. The summed E-state index contributed by atoms with van der Waals surface area (Å²) in [7, 11) is 0. The first-order valence-corrected chi connectivity index (χ1v) is 7.30. The van der Waals surface area contributed by atoms with Crippen molar-refractivity contribution in [2.75, 3.05) is 6.54 Å².